The second-order valence-corrected chi connectivity index (χ2v) is 6.50. The van der Waals surface area contributed by atoms with Crippen molar-refractivity contribution in [2.45, 2.75) is 0 Å². The highest BCUT2D eigenvalue weighted by atomic mass is 16.7. The molecule has 0 aliphatic carbocycles. The molecule has 1 fully saturated rings. The fourth-order valence-corrected chi connectivity index (χ4v) is 3.11. The summed E-state index contributed by atoms with van der Waals surface area (Å²) in [6.45, 7) is 3.13. The van der Waals surface area contributed by atoms with E-state index in [1.165, 1.54) is 0 Å². The van der Waals surface area contributed by atoms with Crippen molar-refractivity contribution < 1.29 is 23.8 Å². The van der Waals surface area contributed by atoms with E-state index in [1.807, 2.05) is 4.90 Å². The minimum absolute atomic E-state index is 0.162. The van der Waals surface area contributed by atoms with E-state index >= 15 is 0 Å². The predicted molar refractivity (Wildman–Crippen MR) is 103 cm³/mol. The van der Waals surface area contributed by atoms with Gasteiger partial charge in [0.15, 0.2) is 11.5 Å². The number of nitrogens with zero attached hydrogens (tertiary/aromatic N) is 1. The molecule has 2 aliphatic heterocycles. The van der Waals surface area contributed by atoms with Crippen LogP contribution in [0.15, 0.2) is 42.5 Å². The van der Waals surface area contributed by atoms with Gasteiger partial charge in [0.25, 0.3) is 5.91 Å². The number of carbonyl (C=O) groups is 2. The SMILES string of the molecule is O=C(CN1CCOCC1)Nc1ccccc1C(=O)Nc1ccc2c(c1)OCO2. The summed E-state index contributed by atoms with van der Waals surface area (Å²) in [5.74, 6) is 0.755. The number of nitrogens with one attached hydrogen (secondary N) is 2. The number of anilines is 2. The summed E-state index contributed by atoms with van der Waals surface area (Å²) >= 11 is 0. The molecule has 4 rings (SSSR count). The van der Waals surface area contributed by atoms with Crippen LogP contribution in [0.5, 0.6) is 11.5 Å². The monoisotopic (exact) mass is 383 g/mol. The molecule has 28 heavy (non-hydrogen) atoms. The number of amides is 2. The first-order valence-electron chi connectivity index (χ1n) is 9.09. The van der Waals surface area contributed by atoms with Crippen LogP contribution >= 0.6 is 0 Å². The van der Waals surface area contributed by atoms with E-state index < -0.39 is 0 Å². The van der Waals surface area contributed by atoms with Crippen molar-refractivity contribution in [2.75, 3.05) is 50.3 Å². The van der Waals surface area contributed by atoms with Gasteiger partial charge in [-0.2, -0.15) is 0 Å². The Bertz CT molecular complexity index is 880. The number of benzene rings is 2. The average molecular weight is 383 g/mol. The third-order valence-corrected chi connectivity index (χ3v) is 4.55. The van der Waals surface area contributed by atoms with Gasteiger partial charge in [-0.15, -0.1) is 0 Å². The van der Waals surface area contributed by atoms with E-state index in [0.29, 0.717) is 41.7 Å². The van der Waals surface area contributed by atoms with Gasteiger partial charge in [0.1, 0.15) is 0 Å². The molecule has 146 valence electrons. The zero-order valence-corrected chi connectivity index (χ0v) is 15.3. The number of fused-ring (bicyclic) bond motifs is 1. The Kier molecular flexibility index (Phi) is 5.41. The molecule has 0 aromatic heterocycles. The van der Waals surface area contributed by atoms with E-state index in [-0.39, 0.29) is 25.2 Å². The molecule has 2 amide bonds. The lowest BCUT2D eigenvalue weighted by Crippen LogP contribution is -2.41. The Labute approximate surface area is 162 Å². The summed E-state index contributed by atoms with van der Waals surface area (Å²) in [6, 6.07) is 12.1. The van der Waals surface area contributed by atoms with E-state index in [9.17, 15) is 9.59 Å². The zero-order chi connectivity index (χ0) is 19.3. The van der Waals surface area contributed by atoms with Crippen LogP contribution in [0.25, 0.3) is 0 Å². The summed E-state index contributed by atoms with van der Waals surface area (Å²) in [6.07, 6.45) is 0. The highest BCUT2D eigenvalue weighted by Crippen LogP contribution is 2.34. The summed E-state index contributed by atoms with van der Waals surface area (Å²) in [4.78, 5) is 27.2. The summed E-state index contributed by atoms with van der Waals surface area (Å²) in [5.41, 5.74) is 1.44. The maximum Gasteiger partial charge on any atom is 0.257 e. The van der Waals surface area contributed by atoms with E-state index in [0.717, 1.165) is 13.1 Å². The van der Waals surface area contributed by atoms with Gasteiger partial charge in [0, 0.05) is 24.8 Å². The second kappa shape index (κ2) is 8.28. The number of hydrogen-bond acceptors (Lipinski definition) is 6. The Morgan fingerprint density at radius 2 is 1.75 bits per heavy atom. The van der Waals surface area contributed by atoms with Gasteiger partial charge in [-0.25, -0.2) is 0 Å². The lowest BCUT2D eigenvalue weighted by Gasteiger charge is -2.25. The average Bonchev–Trinajstić information content (AvgIpc) is 3.17. The van der Waals surface area contributed by atoms with Crippen LogP contribution in [0.4, 0.5) is 11.4 Å². The summed E-state index contributed by atoms with van der Waals surface area (Å²) in [5, 5.41) is 5.67. The van der Waals surface area contributed by atoms with Crippen molar-refractivity contribution in [3.8, 4) is 11.5 Å². The molecule has 0 atom stereocenters. The standard InChI is InChI=1S/C20H21N3O5/c24-19(12-23-7-9-26-10-8-23)22-16-4-2-1-3-15(16)20(25)21-14-5-6-17-18(11-14)28-13-27-17/h1-6,11H,7-10,12-13H2,(H,21,25)(H,22,24). The van der Waals surface area contributed by atoms with Gasteiger partial charge in [-0.3, -0.25) is 14.5 Å². The largest absolute Gasteiger partial charge is 0.454 e. The highest BCUT2D eigenvalue weighted by Gasteiger charge is 2.18. The number of para-hydroxylation sites is 1. The molecule has 2 heterocycles. The van der Waals surface area contributed by atoms with Gasteiger partial charge < -0.3 is 24.8 Å². The fraction of sp³-hybridized carbons (Fsp3) is 0.300. The Morgan fingerprint density at radius 3 is 2.61 bits per heavy atom. The molecule has 0 radical (unpaired) electrons. The lowest BCUT2D eigenvalue weighted by atomic mass is 10.1. The lowest BCUT2D eigenvalue weighted by molar-refractivity contribution is -0.118. The molecule has 2 aromatic carbocycles. The third kappa shape index (κ3) is 4.24. The van der Waals surface area contributed by atoms with Crippen LogP contribution in [-0.4, -0.2) is 56.4 Å². The first-order valence-corrected chi connectivity index (χ1v) is 9.09. The van der Waals surface area contributed by atoms with E-state index in [2.05, 4.69) is 10.6 Å². The van der Waals surface area contributed by atoms with Crippen LogP contribution in [0.1, 0.15) is 10.4 Å². The van der Waals surface area contributed by atoms with Gasteiger partial charge >= 0.3 is 0 Å². The van der Waals surface area contributed by atoms with Gasteiger partial charge in [-0.05, 0) is 24.3 Å². The Balaban J connectivity index is 1.43. The van der Waals surface area contributed by atoms with Gasteiger partial charge in [0.2, 0.25) is 12.7 Å². The molecule has 1 saturated heterocycles. The smallest absolute Gasteiger partial charge is 0.257 e. The van der Waals surface area contributed by atoms with Crippen LogP contribution in [-0.2, 0) is 9.53 Å². The molecular formula is C20H21N3O5. The number of ether oxygens (including phenoxy) is 3. The maximum atomic E-state index is 12.7. The molecular weight excluding hydrogens is 362 g/mol. The highest BCUT2D eigenvalue weighted by molar-refractivity contribution is 6.10. The molecule has 0 saturated carbocycles. The molecule has 0 bridgehead atoms. The summed E-state index contributed by atoms with van der Waals surface area (Å²) < 4.78 is 15.9. The predicted octanol–water partition coefficient (Wildman–Crippen LogP) is 1.94. The first-order chi connectivity index (χ1) is 13.7. The number of carbonyl (C=O) groups excluding carboxylic acids is 2. The summed E-state index contributed by atoms with van der Waals surface area (Å²) in [7, 11) is 0. The van der Waals surface area contributed by atoms with Crippen molar-refractivity contribution in [2.24, 2.45) is 0 Å². The number of hydrogen-bond donors (Lipinski definition) is 2. The second-order valence-electron chi connectivity index (χ2n) is 6.50. The maximum absolute atomic E-state index is 12.7. The quantitative estimate of drug-likeness (QED) is 0.820. The molecule has 8 nitrogen and oxygen atoms in total. The van der Waals surface area contributed by atoms with Gasteiger partial charge in [0.05, 0.1) is 31.0 Å². The first kappa shape index (κ1) is 18.3. The molecule has 0 spiro atoms. The minimum Gasteiger partial charge on any atom is -0.454 e. The van der Waals surface area contributed by atoms with Crippen LogP contribution in [0, 0.1) is 0 Å². The molecule has 2 aromatic rings. The van der Waals surface area contributed by atoms with Crippen molar-refractivity contribution in [1.29, 1.82) is 0 Å². The zero-order valence-electron chi connectivity index (χ0n) is 15.3. The Morgan fingerprint density at radius 1 is 0.964 bits per heavy atom. The minimum atomic E-state index is -0.318. The van der Waals surface area contributed by atoms with Crippen molar-refractivity contribution in [1.82, 2.24) is 4.90 Å². The van der Waals surface area contributed by atoms with Crippen LogP contribution in [0.2, 0.25) is 0 Å². The van der Waals surface area contributed by atoms with Crippen molar-refractivity contribution >= 4 is 23.2 Å². The van der Waals surface area contributed by atoms with Crippen molar-refractivity contribution in [3.63, 3.8) is 0 Å². The molecule has 2 N–H and O–H groups in total. The van der Waals surface area contributed by atoms with Crippen LogP contribution in [0.3, 0.4) is 0 Å². The third-order valence-electron chi connectivity index (χ3n) is 4.55. The molecule has 2 aliphatic rings. The normalized spacial score (nSPS) is 15.9. The topological polar surface area (TPSA) is 89.1 Å². The molecule has 0 unspecified atom stereocenters. The van der Waals surface area contributed by atoms with E-state index in [4.69, 9.17) is 14.2 Å². The van der Waals surface area contributed by atoms with E-state index in [1.54, 1.807) is 42.5 Å². The number of rotatable bonds is 5. The fourth-order valence-electron chi connectivity index (χ4n) is 3.11. The Hall–Kier alpha value is -3.10. The van der Waals surface area contributed by atoms with Crippen molar-refractivity contribution in [3.05, 3.63) is 48.0 Å². The van der Waals surface area contributed by atoms with Gasteiger partial charge in [-0.1, -0.05) is 12.1 Å². The molecule has 8 heteroatoms. The number of morpholine rings is 1. The van der Waals surface area contributed by atoms with Crippen LogP contribution < -0.4 is 20.1 Å².